The molecule has 0 atom stereocenters. The van der Waals surface area contributed by atoms with Crippen LogP contribution in [0.5, 0.6) is 0 Å². The average Bonchev–Trinajstić information content (AvgIpc) is 2.93. The number of hydrogen-bond acceptors (Lipinski definition) is 4. The topological polar surface area (TPSA) is 61.2 Å². The minimum atomic E-state index is 0.570. The summed E-state index contributed by atoms with van der Waals surface area (Å²) in [6.45, 7) is 5.74. The van der Waals surface area contributed by atoms with E-state index in [0.717, 1.165) is 28.8 Å². The highest BCUT2D eigenvalue weighted by Crippen LogP contribution is 2.30. The van der Waals surface area contributed by atoms with Crippen LogP contribution in [0, 0.1) is 0 Å². The number of nitrogens with zero attached hydrogens (tertiary/aromatic N) is 3. The minimum Gasteiger partial charge on any atom is -0.397 e. The van der Waals surface area contributed by atoms with E-state index in [1.54, 1.807) is 0 Å². The van der Waals surface area contributed by atoms with E-state index in [1.165, 1.54) is 25.9 Å². The predicted molar refractivity (Wildman–Crippen MR) is 84.0 cm³/mol. The summed E-state index contributed by atoms with van der Waals surface area (Å²) in [6, 6.07) is 4.69. The average molecular weight is 273 g/mol. The van der Waals surface area contributed by atoms with Crippen LogP contribution in [0.1, 0.15) is 19.8 Å². The molecule has 1 fully saturated rings. The Balaban J connectivity index is 1.81. The molecule has 0 aliphatic carbocycles. The lowest BCUT2D eigenvalue weighted by Crippen LogP contribution is -2.43. The molecular weight excluding hydrogens is 250 g/mol. The smallest absolute Gasteiger partial charge is 0.0672 e. The van der Waals surface area contributed by atoms with Gasteiger partial charge in [-0.2, -0.15) is 5.10 Å². The van der Waals surface area contributed by atoms with Crippen molar-refractivity contribution in [3.05, 3.63) is 18.3 Å². The van der Waals surface area contributed by atoms with Crippen molar-refractivity contribution in [1.82, 2.24) is 15.1 Å². The molecule has 0 saturated carbocycles. The molecular formula is C15H23N5. The van der Waals surface area contributed by atoms with Crippen LogP contribution in [-0.2, 0) is 0 Å². The van der Waals surface area contributed by atoms with Gasteiger partial charge in [-0.05, 0) is 31.5 Å². The van der Waals surface area contributed by atoms with Gasteiger partial charge in [-0.25, -0.2) is 0 Å². The number of aromatic amines is 1. The number of aromatic nitrogens is 2. The molecule has 5 nitrogen and oxygen atoms in total. The number of hydrogen-bond donors (Lipinski definition) is 2. The standard InChI is InChI=1S/C15H23N5/c1-3-20-6-4-12(5-7-20)19(2)15-9-14-11(8-13(15)16)10-17-18-14/h8-10,12H,3-7,16H2,1-2H3,(H,17,18). The Hall–Kier alpha value is -1.75. The second-order valence-electron chi connectivity index (χ2n) is 5.64. The largest absolute Gasteiger partial charge is 0.397 e. The predicted octanol–water partition coefficient (Wildman–Crippen LogP) is 2.07. The summed E-state index contributed by atoms with van der Waals surface area (Å²) in [6.07, 6.45) is 4.21. The van der Waals surface area contributed by atoms with Crippen molar-refractivity contribution in [3.8, 4) is 0 Å². The maximum Gasteiger partial charge on any atom is 0.0672 e. The van der Waals surface area contributed by atoms with Crippen molar-refractivity contribution in [2.24, 2.45) is 0 Å². The van der Waals surface area contributed by atoms with Gasteiger partial charge >= 0.3 is 0 Å². The van der Waals surface area contributed by atoms with Gasteiger partial charge in [0.15, 0.2) is 0 Å². The third kappa shape index (κ3) is 2.33. The number of nitrogens with one attached hydrogen (secondary N) is 1. The fraction of sp³-hybridized carbons (Fsp3) is 0.533. The molecule has 2 heterocycles. The Morgan fingerprint density at radius 2 is 2.15 bits per heavy atom. The summed E-state index contributed by atoms with van der Waals surface area (Å²) >= 11 is 0. The summed E-state index contributed by atoms with van der Waals surface area (Å²) in [5, 5.41) is 8.16. The fourth-order valence-corrected chi connectivity index (χ4v) is 3.12. The lowest BCUT2D eigenvalue weighted by atomic mass is 10.0. The third-order valence-electron chi connectivity index (χ3n) is 4.52. The first-order valence-electron chi connectivity index (χ1n) is 7.37. The number of benzene rings is 1. The second kappa shape index (κ2) is 5.32. The van der Waals surface area contributed by atoms with Gasteiger partial charge in [-0.1, -0.05) is 6.92 Å². The molecule has 0 amide bonds. The number of anilines is 2. The van der Waals surface area contributed by atoms with Crippen LogP contribution in [0.2, 0.25) is 0 Å². The highest BCUT2D eigenvalue weighted by atomic mass is 15.2. The Kier molecular flexibility index (Phi) is 3.53. The van der Waals surface area contributed by atoms with E-state index in [0.29, 0.717) is 6.04 Å². The van der Waals surface area contributed by atoms with E-state index in [1.807, 2.05) is 12.3 Å². The van der Waals surface area contributed by atoms with Crippen LogP contribution in [0.15, 0.2) is 18.3 Å². The quantitative estimate of drug-likeness (QED) is 0.840. The summed E-state index contributed by atoms with van der Waals surface area (Å²) < 4.78 is 0. The van der Waals surface area contributed by atoms with Crippen molar-refractivity contribution in [3.63, 3.8) is 0 Å². The van der Waals surface area contributed by atoms with Gasteiger partial charge in [0.1, 0.15) is 0 Å². The number of rotatable bonds is 3. The van der Waals surface area contributed by atoms with Crippen LogP contribution >= 0.6 is 0 Å². The first-order valence-corrected chi connectivity index (χ1v) is 7.37. The molecule has 0 bridgehead atoms. The molecule has 0 unspecified atom stereocenters. The molecule has 3 rings (SSSR count). The summed E-state index contributed by atoms with van der Waals surface area (Å²) in [5.74, 6) is 0. The van der Waals surface area contributed by atoms with E-state index in [-0.39, 0.29) is 0 Å². The first kappa shape index (κ1) is 13.2. The van der Waals surface area contributed by atoms with Crippen LogP contribution in [0.4, 0.5) is 11.4 Å². The molecule has 5 heteroatoms. The van der Waals surface area contributed by atoms with Crippen LogP contribution in [-0.4, -0.2) is 47.8 Å². The van der Waals surface area contributed by atoms with Crippen LogP contribution < -0.4 is 10.6 Å². The van der Waals surface area contributed by atoms with Gasteiger partial charge in [-0.15, -0.1) is 0 Å². The fourth-order valence-electron chi connectivity index (χ4n) is 3.12. The minimum absolute atomic E-state index is 0.570. The highest BCUT2D eigenvalue weighted by Gasteiger charge is 2.23. The van der Waals surface area contributed by atoms with Gasteiger partial charge in [0.05, 0.1) is 23.1 Å². The number of piperidine rings is 1. The zero-order chi connectivity index (χ0) is 14.1. The van der Waals surface area contributed by atoms with Gasteiger partial charge in [-0.3, -0.25) is 5.10 Å². The molecule has 1 aromatic carbocycles. The van der Waals surface area contributed by atoms with E-state index >= 15 is 0 Å². The van der Waals surface area contributed by atoms with Crippen molar-refractivity contribution < 1.29 is 0 Å². The second-order valence-corrected chi connectivity index (χ2v) is 5.64. The lowest BCUT2D eigenvalue weighted by Gasteiger charge is -2.37. The van der Waals surface area contributed by atoms with Crippen molar-refractivity contribution in [1.29, 1.82) is 0 Å². The lowest BCUT2D eigenvalue weighted by molar-refractivity contribution is 0.221. The van der Waals surface area contributed by atoms with Gasteiger partial charge in [0, 0.05) is 31.6 Å². The highest BCUT2D eigenvalue weighted by molar-refractivity contribution is 5.88. The van der Waals surface area contributed by atoms with Gasteiger partial charge < -0.3 is 15.5 Å². The zero-order valence-corrected chi connectivity index (χ0v) is 12.3. The Bertz CT molecular complexity index is 583. The van der Waals surface area contributed by atoms with Gasteiger partial charge in [0.2, 0.25) is 0 Å². The van der Waals surface area contributed by atoms with E-state index in [2.05, 4.69) is 40.0 Å². The maximum absolute atomic E-state index is 6.21. The molecule has 3 N–H and O–H groups in total. The maximum atomic E-state index is 6.21. The van der Waals surface area contributed by atoms with Crippen molar-refractivity contribution in [2.75, 3.05) is 37.3 Å². The van der Waals surface area contributed by atoms with Crippen molar-refractivity contribution >= 4 is 22.3 Å². The summed E-state index contributed by atoms with van der Waals surface area (Å²) in [7, 11) is 2.15. The van der Waals surface area contributed by atoms with E-state index in [9.17, 15) is 0 Å². The van der Waals surface area contributed by atoms with Crippen LogP contribution in [0.3, 0.4) is 0 Å². The Labute approximate surface area is 119 Å². The van der Waals surface area contributed by atoms with E-state index in [4.69, 9.17) is 5.73 Å². The molecule has 20 heavy (non-hydrogen) atoms. The molecule has 108 valence electrons. The third-order valence-corrected chi connectivity index (χ3v) is 4.52. The molecule has 1 aliphatic heterocycles. The Morgan fingerprint density at radius 1 is 1.40 bits per heavy atom. The molecule has 1 saturated heterocycles. The molecule has 0 spiro atoms. The van der Waals surface area contributed by atoms with Crippen LogP contribution in [0.25, 0.3) is 10.9 Å². The monoisotopic (exact) mass is 273 g/mol. The first-order chi connectivity index (χ1) is 9.69. The number of nitrogens with two attached hydrogens (primary N) is 1. The normalized spacial score (nSPS) is 17.7. The Morgan fingerprint density at radius 3 is 2.85 bits per heavy atom. The van der Waals surface area contributed by atoms with E-state index < -0.39 is 0 Å². The number of H-pyrrole nitrogens is 1. The molecule has 0 radical (unpaired) electrons. The van der Waals surface area contributed by atoms with Gasteiger partial charge in [0.25, 0.3) is 0 Å². The SMILES string of the molecule is CCN1CCC(N(C)c2cc3[nH]ncc3cc2N)CC1. The molecule has 1 aliphatic rings. The molecule has 1 aromatic heterocycles. The number of likely N-dealkylation sites (tertiary alicyclic amines) is 1. The summed E-state index contributed by atoms with van der Waals surface area (Å²) in [5.41, 5.74) is 9.20. The summed E-state index contributed by atoms with van der Waals surface area (Å²) in [4.78, 5) is 4.84. The molecule has 2 aromatic rings. The number of fused-ring (bicyclic) bond motifs is 1. The zero-order valence-electron chi connectivity index (χ0n) is 12.3. The van der Waals surface area contributed by atoms with Crippen molar-refractivity contribution in [2.45, 2.75) is 25.8 Å². The number of nitrogen functional groups attached to an aromatic ring is 1.